The lowest BCUT2D eigenvalue weighted by Crippen LogP contribution is -2.32. The van der Waals surface area contributed by atoms with E-state index in [4.69, 9.17) is 16.3 Å². The fourth-order valence-corrected chi connectivity index (χ4v) is 4.06. The molecule has 146 valence electrons. The molecule has 0 saturated carbocycles. The van der Waals surface area contributed by atoms with Crippen LogP contribution in [0.3, 0.4) is 0 Å². The molecule has 2 amide bonds. The summed E-state index contributed by atoms with van der Waals surface area (Å²) in [5.74, 6) is -1.15. The number of carbonyl (C=O) groups is 2. The van der Waals surface area contributed by atoms with Crippen molar-refractivity contribution in [2.24, 2.45) is 0 Å². The van der Waals surface area contributed by atoms with E-state index in [1.165, 1.54) is 36.6 Å². The summed E-state index contributed by atoms with van der Waals surface area (Å²) in [6.07, 6.45) is 0. The van der Waals surface area contributed by atoms with Gasteiger partial charge in [-0.2, -0.15) is 0 Å². The van der Waals surface area contributed by atoms with Gasteiger partial charge in [0.1, 0.15) is 17.3 Å². The largest absolute Gasteiger partial charge is 0.495 e. The van der Waals surface area contributed by atoms with Crippen molar-refractivity contribution < 1.29 is 18.7 Å². The molecule has 1 aromatic heterocycles. The van der Waals surface area contributed by atoms with E-state index in [1.807, 2.05) is 5.38 Å². The van der Waals surface area contributed by atoms with Gasteiger partial charge in [0.2, 0.25) is 0 Å². The van der Waals surface area contributed by atoms with Gasteiger partial charge < -0.3 is 10.1 Å². The fraction of sp³-hybridized carbons (Fsp3) is 0.0476. The van der Waals surface area contributed by atoms with Crippen molar-refractivity contribution in [1.82, 2.24) is 0 Å². The summed E-state index contributed by atoms with van der Waals surface area (Å²) in [6.45, 7) is 0. The first-order valence-corrected chi connectivity index (χ1v) is 9.78. The van der Waals surface area contributed by atoms with Crippen molar-refractivity contribution in [3.8, 4) is 5.75 Å². The topological polar surface area (TPSA) is 58.6 Å². The van der Waals surface area contributed by atoms with Crippen LogP contribution in [0.25, 0.3) is 5.57 Å². The second-order valence-corrected chi connectivity index (χ2v) is 7.48. The van der Waals surface area contributed by atoms with Crippen LogP contribution in [0.5, 0.6) is 5.75 Å². The van der Waals surface area contributed by atoms with E-state index in [2.05, 4.69) is 5.32 Å². The highest BCUT2D eigenvalue weighted by atomic mass is 35.5. The van der Waals surface area contributed by atoms with E-state index in [0.29, 0.717) is 21.3 Å². The first kappa shape index (κ1) is 19.2. The number of amides is 2. The lowest BCUT2D eigenvalue weighted by atomic mass is 10.2. The minimum absolute atomic E-state index is 0.0999. The number of thiophene rings is 1. The van der Waals surface area contributed by atoms with E-state index in [0.717, 1.165) is 11.0 Å². The number of methoxy groups -OCH3 is 1. The van der Waals surface area contributed by atoms with Crippen LogP contribution in [-0.4, -0.2) is 18.9 Å². The zero-order valence-corrected chi connectivity index (χ0v) is 16.7. The van der Waals surface area contributed by atoms with Crippen molar-refractivity contribution in [3.05, 3.63) is 81.4 Å². The number of halogens is 2. The van der Waals surface area contributed by atoms with Crippen molar-refractivity contribution in [1.29, 1.82) is 0 Å². The van der Waals surface area contributed by atoms with Gasteiger partial charge >= 0.3 is 0 Å². The number of nitrogens with one attached hydrogen (secondary N) is 1. The normalized spacial score (nSPS) is 14.0. The summed E-state index contributed by atoms with van der Waals surface area (Å²) in [4.78, 5) is 27.9. The van der Waals surface area contributed by atoms with Crippen molar-refractivity contribution in [2.75, 3.05) is 17.3 Å². The van der Waals surface area contributed by atoms with Crippen LogP contribution < -0.4 is 15.0 Å². The maximum atomic E-state index is 13.7. The molecule has 8 heteroatoms. The molecule has 5 nitrogen and oxygen atoms in total. The molecule has 4 rings (SSSR count). The van der Waals surface area contributed by atoms with E-state index in [1.54, 1.807) is 30.3 Å². The molecular weight excluding hydrogens is 415 g/mol. The molecule has 2 heterocycles. The smallest absolute Gasteiger partial charge is 0.282 e. The first-order valence-electron chi connectivity index (χ1n) is 8.52. The minimum Gasteiger partial charge on any atom is -0.495 e. The Morgan fingerprint density at radius 1 is 1.07 bits per heavy atom. The number of ether oxygens (including phenoxy) is 1. The Balaban J connectivity index is 1.78. The van der Waals surface area contributed by atoms with Crippen LogP contribution in [0.4, 0.5) is 15.8 Å². The molecule has 29 heavy (non-hydrogen) atoms. The van der Waals surface area contributed by atoms with Crippen LogP contribution in [0.1, 0.15) is 4.88 Å². The van der Waals surface area contributed by atoms with Gasteiger partial charge in [-0.3, -0.25) is 9.59 Å². The number of benzene rings is 2. The summed E-state index contributed by atoms with van der Waals surface area (Å²) in [6, 6.07) is 13.8. The van der Waals surface area contributed by atoms with Gasteiger partial charge in [0.25, 0.3) is 11.8 Å². The predicted molar refractivity (Wildman–Crippen MR) is 112 cm³/mol. The predicted octanol–water partition coefficient (Wildman–Crippen LogP) is 4.95. The van der Waals surface area contributed by atoms with E-state index in [-0.39, 0.29) is 17.0 Å². The summed E-state index contributed by atoms with van der Waals surface area (Å²) in [7, 11) is 1.50. The lowest BCUT2D eigenvalue weighted by Gasteiger charge is -2.15. The summed E-state index contributed by atoms with van der Waals surface area (Å²) < 4.78 is 18.8. The van der Waals surface area contributed by atoms with Crippen molar-refractivity contribution in [3.63, 3.8) is 0 Å². The lowest BCUT2D eigenvalue weighted by molar-refractivity contribution is -0.120. The molecular formula is C21H14ClFN2O3S. The van der Waals surface area contributed by atoms with Gasteiger partial charge in [0.15, 0.2) is 0 Å². The molecule has 0 fully saturated rings. The average Bonchev–Trinajstić information content (AvgIpc) is 3.29. The Morgan fingerprint density at radius 2 is 1.90 bits per heavy atom. The van der Waals surface area contributed by atoms with Crippen LogP contribution in [0.2, 0.25) is 5.02 Å². The third-order valence-corrected chi connectivity index (χ3v) is 5.52. The molecule has 0 saturated heterocycles. The highest BCUT2D eigenvalue weighted by molar-refractivity contribution is 7.11. The number of imide groups is 1. The molecule has 3 aromatic rings. The van der Waals surface area contributed by atoms with Crippen LogP contribution in [-0.2, 0) is 9.59 Å². The van der Waals surface area contributed by atoms with Gasteiger partial charge in [-0.05, 0) is 47.8 Å². The van der Waals surface area contributed by atoms with Gasteiger partial charge in [-0.15, -0.1) is 11.3 Å². The monoisotopic (exact) mass is 428 g/mol. The van der Waals surface area contributed by atoms with Gasteiger partial charge in [-0.25, -0.2) is 9.29 Å². The number of anilines is 2. The quantitative estimate of drug-likeness (QED) is 0.584. The zero-order valence-electron chi connectivity index (χ0n) is 15.1. The first-order chi connectivity index (χ1) is 14.0. The van der Waals surface area contributed by atoms with Crippen LogP contribution >= 0.6 is 22.9 Å². The Bertz CT molecular complexity index is 1140. The standard InChI is InChI=1S/C21H14ClFN2O3S/c1-28-16-8-7-13(11-15(16)22)24-19-18(17-6-3-9-29-17)20(26)25(21(19)27)14-5-2-4-12(23)10-14/h2-11,24H,1H3. The van der Waals surface area contributed by atoms with Crippen LogP contribution in [0.15, 0.2) is 65.7 Å². The third-order valence-electron chi connectivity index (χ3n) is 4.34. The highest BCUT2D eigenvalue weighted by Gasteiger charge is 2.40. The van der Waals surface area contributed by atoms with Crippen molar-refractivity contribution in [2.45, 2.75) is 0 Å². The minimum atomic E-state index is -0.573. The maximum absolute atomic E-state index is 13.7. The molecule has 1 aliphatic rings. The molecule has 0 spiro atoms. The van der Waals surface area contributed by atoms with Gasteiger partial charge in [-0.1, -0.05) is 23.7 Å². The molecule has 0 bridgehead atoms. The summed E-state index contributed by atoms with van der Waals surface area (Å²) in [5.41, 5.74) is 1.00. The molecule has 1 N–H and O–H groups in total. The summed E-state index contributed by atoms with van der Waals surface area (Å²) in [5, 5.41) is 5.17. The third kappa shape index (κ3) is 3.50. The van der Waals surface area contributed by atoms with Gasteiger partial charge in [0.05, 0.1) is 23.4 Å². The highest BCUT2D eigenvalue weighted by Crippen LogP contribution is 2.36. The average molecular weight is 429 g/mol. The molecule has 1 aliphatic heterocycles. The van der Waals surface area contributed by atoms with E-state index in [9.17, 15) is 14.0 Å². The maximum Gasteiger partial charge on any atom is 0.282 e. The summed E-state index contributed by atoms with van der Waals surface area (Å²) >= 11 is 7.51. The Kier molecular flexibility index (Phi) is 5.08. The second kappa shape index (κ2) is 7.69. The van der Waals surface area contributed by atoms with E-state index >= 15 is 0 Å². The van der Waals surface area contributed by atoms with Crippen LogP contribution in [0, 0.1) is 5.82 Å². The number of nitrogens with zero attached hydrogens (tertiary/aromatic N) is 1. The number of hydrogen-bond donors (Lipinski definition) is 1. The second-order valence-electron chi connectivity index (χ2n) is 6.13. The molecule has 0 atom stereocenters. The fourth-order valence-electron chi connectivity index (χ4n) is 3.03. The number of carbonyl (C=O) groups excluding carboxylic acids is 2. The zero-order chi connectivity index (χ0) is 20.5. The number of hydrogen-bond acceptors (Lipinski definition) is 5. The Hall–Kier alpha value is -3.16. The molecule has 0 aliphatic carbocycles. The molecule has 2 aromatic carbocycles. The Morgan fingerprint density at radius 3 is 2.55 bits per heavy atom. The van der Waals surface area contributed by atoms with Gasteiger partial charge in [0, 0.05) is 10.6 Å². The van der Waals surface area contributed by atoms with E-state index < -0.39 is 17.6 Å². The Labute approximate surface area is 175 Å². The van der Waals surface area contributed by atoms with Crippen molar-refractivity contribution >= 4 is 51.7 Å². The number of rotatable bonds is 5. The SMILES string of the molecule is COc1ccc(NC2=C(c3cccs3)C(=O)N(c3cccc(F)c3)C2=O)cc1Cl. The molecule has 0 unspecified atom stereocenters. The molecule has 0 radical (unpaired) electrons.